The maximum absolute atomic E-state index is 12.3. The Hall–Kier alpha value is -2.35. The van der Waals surface area contributed by atoms with Crippen molar-refractivity contribution in [1.29, 1.82) is 0 Å². The van der Waals surface area contributed by atoms with Gasteiger partial charge in [-0.1, -0.05) is 12.1 Å². The van der Waals surface area contributed by atoms with Gasteiger partial charge in [0.1, 0.15) is 11.6 Å². The third-order valence-electron chi connectivity index (χ3n) is 3.80. The molecule has 1 aromatic heterocycles. The van der Waals surface area contributed by atoms with Crippen molar-refractivity contribution in [3.63, 3.8) is 0 Å². The lowest BCUT2D eigenvalue weighted by Crippen LogP contribution is -2.35. The van der Waals surface area contributed by atoms with E-state index < -0.39 is 6.36 Å². The molecule has 2 aromatic rings. The Labute approximate surface area is 136 Å². The van der Waals surface area contributed by atoms with E-state index in [9.17, 15) is 18.0 Å². The third kappa shape index (κ3) is 3.94. The maximum atomic E-state index is 12.3. The first-order valence-corrected chi connectivity index (χ1v) is 7.46. The number of aromatic nitrogens is 2. The van der Waals surface area contributed by atoms with Gasteiger partial charge >= 0.3 is 6.36 Å². The highest BCUT2D eigenvalue weighted by Gasteiger charge is 2.31. The quantitative estimate of drug-likeness (QED) is 0.934. The molecule has 2 heterocycles. The zero-order valence-corrected chi connectivity index (χ0v) is 13.0. The number of benzene rings is 1. The van der Waals surface area contributed by atoms with Crippen LogP contribution in [0.5, 0.6) is 5.75 Å². The normalized spacial score (nSPS) is 15.2. The molecule has 8 heteroatoms. The van der Waals surface area contributed by atoms with Crippen LogP contribution >= 0.6 is 0 Å². The summed E-state index contributed by atoms with van der Waals surface area (Å²) in [5.41, 5.74) is 1.95. The highest BCUT2D eigenvalue weighted by atomic mass is 19.4. The molecule has 24 heavy (non-hydrogen) atoms. The average Bonchev–Trinajstić information content (AvgIpc) is 2.46. The molecule has 0 aliphatic carbocycles. The summed E-state index contributed by atoms with van der Waals surface area (Å²) in [6, 6.07) is 5.88. The van der Waals surface area contributed by atoms with Crippen LogP contribution in [-0.4, -0.2) is 27.8 Å². The van der Waals surface area contributed by atoms with Gasteiger partial charge in [0.15, 0.2) is 0 Å². The van der Waals surface area contributed by atoms with Crippen LogP contribution in [0.15, 0.2) is 29.1 Å². The summed E-state index contributed by atoms with van der Waals surface area (Å²) in [4.78, 5) is 21.0. The smallest absolute Gasteiger partial charge is 0.406 e. The minimum absolute atomic E-state index is 0.156. The zero-order valence-electron chi connectivity index (χ0n) is 13.0. The van der Waals surface area contributed by atoms with Crippen LogP contribution in [-0.2, 0) is 19.5 Å². The summed E-state index contributed by atoms with van der Waals surface area (Å²) in [6.07, 6.45) is -4.07. The predicted octanol–water partition coefficient (Wildman–Crippen LogP) is 2.54. The first-order valence-electron chi connectivity index (χ1n) is 7.46. The van der Waals surface area contributed by atoms with Crippen LogP contribution < -0.4 is 10.3 Å². The summed E-state index contributed by atoms with van der Waals surface area (Å²) < 4.78 is 40.8. The van der Waals surface area contributed by atoms with E-state index in [1.54, 1.807) is 13.0 Å². The molecule has 5 nitrogen and oxygen atoms in total. The van der Waals surface area contributed by atoms with E-state index >= 15 is 0 Å². The number of nitrogens with zero attached hydrogens (tertiary/aromatic N) is 2. The fourth-order valence-electron chi connectivity index (χ4n) is 2.84. The summed E-state index contributed by atoms with van der Waals surface area (Å²) in [5.74, 6) is 0.344. The number of aromatic amines is 1. The predicted molar refractivity (Wildman–Crippen MR) is 80.5 cm³/mol. The van der Waals surface area contributed by atoms with Gasteiger partial charge in [0.2, 0.25) is 0 Å². The lowest BCUT2D eigenvalue weighted by atomic mass is 10.1. The molecule has 0 unspecified atom stereocenters. The summed E-state index contributed by atoms with van der Waals surface area (Å²) in [7, 11) is 0. The Balaban J connectivity index is 1.74. The van der Waals surface area contributed by atoms with Gasteiger partial charge in [0, 0.05) is 26.1 Å². The number of ether oxygens (including phenoxy) is 1. The molecule has 0 saturated heterocycles. The monoisotopic (exact) mass is 339 g/mol. The number of hydrogen-bond donors (Lipinski definition) is 1. The first kappa shape index (κ1) is 16.5. The minimum Gasteiger partial charge on any atom is -0.406 e. The third-order valence-corrected chi connectivity index (χ3v) is 3.80. The standard InChI is InChI=1S/C16H16F3N3O2/c1-10-20-14-5-6-22(9-13(14)15(23)21-10)8-11-3-2-4-12(7-11)24-16(17,18)19/h2-4,7H,5-6,8-9H2,1H3,(H,20,21,23). The minimum atomic E-state index is -4.71. The van der Waals surface area contributed by atoms with Crippen molar-refractivity contribution in [3.05, 3.63) is 57.3 Å². The molecule has 1 aliphatic heterocycles. The molecule has 0 radical (unpaired) electrons. The van der Waals surface area contributed by atoms with Gasteiger partial charge in [-0.05, 0) is 24.6 Å². The molecule has 0 bridgehead atoms. The molecule has 1 aromatic carbocycles. The summed E-state index contributed by atoms with van der Waals surface area (Å²) in [5, 5.41) is 0. The topological polar surface area (TPSA) is 58.2 Å². The van der Waals surface area contributed by atoms with E-state index in [2.05, 4.69) is 14.7 Å². The van der Waals surface area contributed by atoms with Gasteiger partial charge in [0.05, 0.1) is 11.3 Å². The van der Waals surface area contributed by atoms with Gasteiger partial charge in [-0.2, -0.15) is 0 Å². The summed E-state index contributed by atoms with van der Waals surface area (Å²) in [6.45, 7) is 3.28. The molecule has 0 saturated carbocycles. The second-order valence-corrected chi connectivity index (χ2v) is 5.73. The van der Waals surface area contributed by atoms with E-state index in [4.69, 9.17) is 0 Å². The molecule has 1 N–H and O–H groups in total. The van der Waals surface area contributed by atoms with Crippen molar-refractivity contribution >= 4 is 0 Å². The Kier molecular flexibility index (Phi) is 4.31. The van der Waals surface area contributed by atoms with Crippen LogP contribution in [0.4, 0.5) is 13.2 Å². The summed E-state index contributed by atoms with van der Waals surface area (Å²) >= 11 is 0. The van der Waals surface area contributed by atoms with Gasteiger partial charge in [-0.25, -0.2) is 4.98 Å². The van der Waals surface area contributed by atoms with Crippen LogP contribution in [0.25, 0.3) is 0 Å². The molecule has 0 fully saturated rings. The van der Waals surface area contributed by atoms with Gasteiger partial charge < -0.3 is 9.72 Å². The van der Waals surface area contributed by atoms with Crippen molar-refractivity contribution in [2.45, 2.75) is 32.8 Å². The molecule has 0 atom stereocenters. The highest BCUT2D eigenvalue weighted by molar-refractivity contribution is 5.29. The SMILES string of the molecule is Cc1nc2c(c(=O)[nH]1)CN(Cc1cccc(OC(F)(F)F)c1)CC2. The molecular formula is C16H16F3N3O2. The van der Waals surface area contributed by atoms with Crippen molar-refractivity contribution in [2.75, 3.05) is 6.54 Å². The molecular weight excluding hydrogens is 323 g/mol. The Morgan fingerprint density at radius 1 is 1.38 bits per heavy atom. The number of alkyl halides is 3. The van der Waals surface area contributed by atoms with E-state index in [0.717, 1.165) is 5.69 Å². The van der Waals surface area contributed by atoms with Crippen molar-refractivity contribution in [3.8, 4) is 5.75 Å². The number of fused-ring (bicyclic) bond motifs is 1. The number of aryl methyl sites for hydroxylation is 1. The van der Waals surface area contributed by atoms with Crippen LogP contribution in [0.2, 0.25) is 0 Å². The number of halogens is 3. The van der Waals surface area contributed by atoms with E-state index in [1.165, 1.54) is 18.2 Å². The lowest BCUT2D eigenvalue weighted by Gasteiger charge is -2.27. The van der Waals surface area contributed by atoms with Crippen LogP contribution in [0.1, 0.15) is 22.6 Å². The first-order chi connectivity index (χ1) is 11.3. The van der Waals surface area contributed by atoms with Gasteiger partial charge in [-0.15, -0.1) is 13.2 Å². The van der Waals surface area contributed by atoms with Crippen LogP contribution in [0.3, 0.4) is 0 Å². The molecule has 128 valence electrons. The fourth-order valence-corrected chi connectivity index (χ4v) is 2.84. The largest absolute Gasteiger partial charge is 0.573 e. The maximum Gasteiger partial charge on any atom is 0.573 e. The van der Waals surface area contributed by atoms with Crippen LogP contribution in [0, 0.1) is 6.92 Å². The molecule has 0 amide bonds. The molecule has 1 aliphatic rings. The van der Waals surface area contributed by atoms with Gasteiger partial charge in [-0.3, -0.25) is 9.69 Å². The number of nitrogens with one attached hydrogen (secondary N) is 1. The average molecular weight is 339 g/mol. The number of hydrogen-bond acceptors (Lipinski definition) is 4. The van der Waals surface area contributed by atoms with Crippen molar-refractivity contribution < 1.29 is 17.9 Å². The highest BCUT2D eigenvalue weighted by Crippen LogP contribution is 2.24. The van der Waals surface area contributed by atoms with E-state index in [-0.39, 0.29) is 11.3 Å². The Morgan fingerprint density at radius 3 is 2.92 bits per heavy atom. The van der Waals surface area contributed by atoms with E-state index in [1.807, 2.05) is 4.90 Å². The molecule has 3 rings (SSSR count). The fraction of sp³-hybridized carbons (Fsp3) is 0.375. The Bertz CT molecular complexity index is 802. The number of H-pyrrole nitrogens is 1. The molecule has 0 spiro atoms. The van der Waals surface area contributed by atoms with Gasteiger partial charge in [0.25, 0.3) is 5.56 Å². The number of rotatable bonds is 3. The van der Waals surface area contributed by atoms with Crippen molar-refractivity contribution in [1.82, 2.24) is 14.9 Å². The van der Waals surface area contributed by atoms with E-state index in [0.29, 0.717) is 43.0 Å². The zero-order chi connectivity index (χ0) is 17.3. The lowest BCUT2D eigenvalue weighted by molar-refractivity contribution is -0.274. The second-order valence-electron chi connectivity index (χ2n) is 5.73. The second kappa shape index (κ2) is 6.27. The Morgan fingerprint density at radius 2 is 2.17 bits per heavy atom. The van der Waals surface area contributed by atoms with Crippen molar-refractivity contribution in [2.24, 2.45) is 0 Å².